The molecule has 0 saturated carbocycles. The molecule has 6 heavy (non-hydrogen) atoms. The summed E-state index contributed by atoms with van der Waals surface area (Å²) in [5.74, 6) is 0. The first-order valence-electron chi connectivity index (χ1n) is 0.565. The zero-order valence-corrected chi connectivity index (χ0v) is 4.17. The van der Waals surface area contributed by atoms with Crippen molar-refractivity contribution in [2.24, 2.45) is 0 Å². The van der Waals surface area contributed by atoms with Crippen molar-refractivity contribution in [3.8, 4) is 0 Å². The second-order valence-corrected chi connectivity index (χ2v) is 0.238. The molecule has 0 fully saturated rings. The Labute approximate surface area is 58.2 Å². The first-order valence-corrected chi connectivity index (χ1v) is 0.565. The molecular weight excluding hydrogens is 125 g/mol. The fourth-order valence-electron chi connectivity index (χ4n) is 0. The van der Waals surface area contributed by atoms with Gasteiger partial charge in [-0.1, -0.05) is 0 Å². The summed E-state index contributed by atoms with van der Waals surface area (Å²) in [7, 11) is 0. The second-order valence-electron chi connectivity index (χ2n) is 0.238. The molecule has 4 nitrogen and oxygen atoms in total. The zero-order valence-electron chi connectivity index (χ0n) is 4.06. The van der Waals surface area contributed by atoms with E-state index in [1.807, 2.05) is 0 Å². The van der Waals surface area contributed by atoms with Gasteiger partial charge in [-0.2, -0.15) is 0 Å². The Balaban J connectivity index is -0.0000000150. The summed E-state index contributed by atoms with van der Waals surface area (Å²) < 4.78 is 0. The van der Waals surface area contributed by atoms with Crippen LogP contribution in [0.4, 0.5) is 0 Å². The molecule has 0 spiro atoms. The fourth-order valence-corrected chi connectivity index (χ4v) is 0. The van der Waals surface area contributed by atoms with Crippen LogP contribution in [-0.2, 0) is 17.1 Å². The third-order valence-electron chi connectivity index (χ3n) is 0. The van der Waals surface area contributed by atoms with Crippen molar-refractivity contribution in [1.82, 2.24) is 0 Å². The van der Waals surface area contributed by atoms with Crippen LogP contribution in [-0.4, -0.2) is 10.3 Å². The van der Waals surface area contributed by atoms with E-state index in [9.17, 15) is 0 Å². The van der Waals surface area contributed by atoms with Gasteiger partial charge >= 0.3 is 18.9 Å². The third-order valence-corrected chi connectivity index (χ3v) is 0. The topological polar surface area (TPSA) is 63.4 Å². The fraction of sp³-hybridized carbons (Fsp3) is 0. The Hall–Kier alpha value is 0.317. The molecule has 1 N–H and O–H groups in total. The zero-order chi connectivity index (χ0) is 3.58. The Morgan fingerprint density at radius 2 is 1.83 bits per heavy atom. The standard InChI is InChI=1S/Fe.Li.HNO3.H/c;;2-1(3)4;/h;;(H,2,3,4);/q;+1;;-1. The number of hydrogen-bond donors (Lipinski definition) is 1. The van der Waals surface area contributed by atoms with Gasteiger partial charge in [-0.15, -0.1) is 10.1 Å². The summed E-state index contributed by atoms with van der Waals surface area (Å²) in [6.45, 7) is 0. The van der Waals surface area contributed by atoms with Crippen molar-refractivity contribution in [3.63, 3.8) is 0 Å². The summed E-state index contributed by atoms with van der Waals surface area (Å²) in [4.78, 5) is 8.36. The van der Waals surface area contributed by atoms with Gasteiger partial charge in [0.15, 0.2) is 0 Å². The molecule has 0 amide bonds. The number of rotatable bonds is 0. The maximum atomic E-state index is 8.36. The number of hydrogen-bond acceptors (Lipinski definition) is 2. The van der Waals surface area contributed by atoms with Gasteiger partial charge in [0.25, 0.3) is 5.09 Å². The smallest absolute Gasteiger partial charge is 1.00 e. The summed E-state index contributed by atoms with van der Waals surface area (Å²) >= 11 is 0. The minimum Gasteiger partial charge on any atom is -1.00 e. The molecule has 0 aliphatic rings. The van der Waals surface area contributed by atoms with Crippen LogP contribution in [0.2, 0.25) is 0 Å². The molecule has 0 saturated heterocycles. The molecule has 0 bridgehead atoms. The molecule has 0 aliphatic carbocycles. The molecule has 0 radical (unpaired) electrons. The Kier molecular flexibility index (Phi) is 24.4. The Morgan fingerprint density at radius 3 is 1.83 bits per heavy atom. The van der Waals surface area contributed by atoms with Crippen molar-refractivity contribution >= 4 is 0 Å². The van der Waals surface area contributed by atoms with E-state index in [4.69, 9.17) is 15.3 Å². The molecular formula is H2FeLiNO3. The number of nitrogens with zero attached hydrogens (tertiary/aromatic N) is 1. The van der Waals surface area contributed by atoms with E-state index in [0.717, 1.165) is 0 Å². The largest absolute Gasteiger partial charge is 1.00 e. The van der Waals surface area contributed by atoms with Gasteiger partial charge in [0.05, 0.1) is 0 Å². The average molecular weight is 127 g/mol. The monoisotopic (exact) mass is 127 g/mol. The molecule has 34 valence electrons. The minimum absolute atomic E-state index is 0. The van der Waals surface area contributed by atoms with Gasteiger partial charge in [-0.3, -0.25) is 0 Å². The van der Waals surface area contributed by atoms with Crippen LogP contribution in [0.1, 0.15) is 1.43 Å². The molecule has 0 aromatic heterocycles. The maximum Gasteiger partial charge on any atom is 1.00 e. The minimum atomic E-state index is -1.50. The summed E-state index contributed by atoms with van der Waals surface area (Å²) in [6.07, 6.45) is 0. The normalized spacial score (nSPS) is 4.00. The molecule has 0 aliphatic heterocycles. The molecule has 0 atom stereocenters. The Morgan fingerprint density at radius 1 is 1.83 bits per heavy atom. The van der Waals surface area contributed by atoms with Crippen LogP contribution in [0, 0.1) is 10.1 Å². The maximum absolute atomic E-state index is 8.36. The third kappa shape index (κ3) is 473. The summed E-state index contributed by atoms with van der Waals surface area (Å²) in [5, 5.41) is 13.6. The van der Waals surface area contributed by atoms with Crippen molar-refractivity contribution in [2.45, 2.75) is 0 Å². The van der Waals surface area contributed by atoms with E-state index in [-0.39, 0.29) is 37.4 Å². The van der Waals surface area contributed by atoms with Gasteiger partial charge in [-0.25, -0.2) is 0 Å². The van der Waals surface area contributed by atoms with E-state index >= 15 is 0 Å². The van der Waals surface area contributed by atoms with Gasteiger partial charge in [-0.05, 0) is 0 Å². The van der Waals surface area contributed by atoms with Crippen molar-refractivity contribution in [2.75, 3.05) is 0 Å². The molecule has 0 unspecified atom stereocenters. The van der Waals surface area contributed by atoms with Gasteiger partial charge in [0.1, 0.15) is 0 Å². The van der Waals surface area contributed by atoms with Crippen molar-refractivity contribution in [1.29, 1.82) is 0 Å². The molecule has 0 aromatic rings. The van der Waals surface area contributed by atoms with E-state index in [1.165, 1.54) is 0 Å². The van der Waals surface area contributed by atoms with Crippen LogP contribution < -0.4 is 18.9 Å². The van der Waals surface area contributed by atoms with E-state index in [1.54, 1.807) is 0 Å². The van der Waals surface area contributed by atoms with E-state index in [2.05, 4.69) is 0 Å². The van der Waals surface area contributed by atoms with E-state index < -0.39 is 5.09 Å². The molecule has 0 rings (SSSR count). The van der Waals surface area contributed by atoms with Crippen LogP contribution >= 0.6 is 0 Å². The molecule has 0 aromatic carbocycles. The van der Waals surface area contributed by atoms with Crippen LogP contribution in [0.25, 0.3) is 0 Å². The Bertz CT molecular complexity index is 37.9. The molecule has 0 heterocycles. The average Bonchev–Trinajstić information content (AvgIpc) is 0.811. The van der Waals surface area contributed by atoms with Gasteiger partial charge in [0, 0.05) is 17.1 Å². The molecule has 6 heteroatoms. The van der Waals surface area contributed by atoms with Gasteiger partial charge < -0.3 is 6.63 Å². The first kappa shape index (κ1) is 16.2. The first-order chi connectivity index (χ1) is 1.73. The second kappa shape index (κ2) is 9.01. The van der Waals surface area contributed by atoms with Gasteiger partial charge in [0.2, 0.25) is 0 Å². The van der Waals surface area contributed by atoms with Crippen LogP contribution in [0.3, 0.4) is 0 Å². The van der Waals surface area contributed by atoms with Crippen molar-refractivity contribution in [3.05, 3.63) is 10.1 Å². The predicted molar refractivity (Wildman–Crippen MR) is 9.89 cm³/mol. The van der Waals surface area contributed by atoms with E-state index in [0.29, 0.717) is 0 Å². The quantitative estimate of drug-likeness (QED) is 0.211. The predicted octanol–water partition coefficient (Wildman–Crippen LogP) is -3.23. The SMILES string of the molecule is O=[N+]([O-])O.[Fe].[H-].[Li+]. The van der Waals surface area contributed by atoms with Crippen LogP contribution in [0.15, 0.2) is 0 Å². The summed E-state index contributed by atoms with van der Waals surface area (Å²) in [6, 6.07) is 0. The summed E-state index contributed by atoms with van der Waals surface area (Å²) in [5.41, 5.74) is 0. The van der Waals surface area contributed by atoms with Crippen molar-refractivity contribution < 1.29 is 47.6 Å². The van der Waals surface area contributed by atoms with Crippen LogP contribution in [0.5, 0.6) is 0 Å².